The van der Waals surface area contributed by atoms with Crippen molar-refractivity contribution in [3.8, 4) is 11.1 Å². The number of rotatable bonds is 7. The first-order valence-electron chi connectivity index (χ1n) is 11.6. The zero-order valence-corrected chi connectivity index (χ0v) is 18.8. The number of nitrogens with zero attached hydrogens (tertiary/aromatic N) is 1. The Morgan fingerprint density at radius 3 is 2.27 bits per heavy atom. The largest absolute Gasteiger partial charge is 0.480 e. The van der Waals surface area contributed by atoms with E-state index in [0.717, 1.165) is 24.0 Å². The summed E-state index contributed by atoms with van der Waals surface area (Å²) >= 11 is 0. The van der Waals surface area contributed by atoms with Crippen LogP contribution in [-0.2, 0) is 14.3 Å². The maximum Gasteiger partial charge on any atom is 0.407 e. The third-order valence-electron chi connectivity index (χ3n) is 6.71. The van der Waals surface area contributed by atoms with E-state index >= 15 is 0 Å². The van der Waals surface area contributed by atoms with E-state index in [0.29, 0.717) is 19.4 Å². The number of fused-ring (bicyclic) bond motifs is 3. The number of nitrogens with one attached hydrogen (secondary N) is 1. The van der Waals surface area contributed by atoms with Gasteiger partial charge in [-0.2, -0.15) is 0 Å². The van der Waals surface area contributed by atoms with Crippen molar-refractivity contribution in [2.24, 2.45) is 5.92 Å². The van der Waals surface area contributed by atoms with Crippen molar-refractivity contribution in [1.29, 1.82) is 0 Å². The van der Waals surface area contributed by atoms with Gasteiger partial charge in [-0.15, -0.1) is 0 Å². The zero-order valence-electron chi connectivity index (χ0n) is 18.8. The molecule has 0 heterocycles. The molecule has 0 unspecified atom stereocenters. The van der Waals surface area contributed by atoms with Crippen LogP contribution in [-0.4, -0.2) is 53.7 Å². The van der Waals surface area contributed by atoms with Crippen LogP contribution in [0.3, 0.4) is 0 Å². The molecule has 2 aromatic carbocycles. The van der Waals surface area contributed by atoms with Crippen molar-refractivity contribution in [2.45, 2.75) is 44.6 Å². The van der Waals surface area contributed by atoms with Crippen LogP contribution < -0.4 is 5.32 Å². The molecule has 1 fully saturated rings. The Balaban J connectivity index is 1.34. The van der Waals surface area contributed by atoms with Gasteiger partial charge in [-0.1, -0.05) is 55.0 Å². The Bertz CT molecular complexity index is 991. The van der Waals surface area contributed by atoms with Crippen LogP contribution in [0.25, 0.3) is 11.1 Å². The molecule has 0 aliphatic heterocycles. The van der Waals surface area contributed by atoms with Crippen LogP contribution >= 0.6 is 0 Å². The maximum absolute atomic E-state index is 12.7. The van der Waals surface area contributed by atoms with E-state index in [9.17, 15) is 14.4 Å². The van der Waals surface area contributed by atoms with Crippen molar-refractivity contribution < 1.29 is 24.2 Å². The number of likely N-dealkylation sites (N-methyl/N-ethyl adjacent to an activating group) is 1. The zero-order chi connectivity index (χ0) is 23.4. The number of carboxylic acid groups (broad SMARTS) is 1. The minimum atomic E-state index is -1.02. The van der Waals surface area contributed by atoms with Crippen molar-refractivity contribution in [3.05, 3.63) is 59.7 Å². The summed E-state index contributed by atoms with van der Waals surface area (Å²) < 4.78 is 5.64. The van der Waals surface area contributed by atoms with Crippen LogP contribution in [0.15, 0.2) is 48.5 Å². The van der Waals surface area contributed by atoms with Gasteiger partial charge < -0.3 is 20.1 Å². The topological polar surface area (TPSA) is 95.9 Å². The lowest BCUT2D eigenvalue weighted by Gasteiger charge is -2.32. The van der Waals surface area contributed by atoms with Gasteiger partial charge in [-0.3, -0.25) is 9.59 Å². The SMILES string of the molecule is CCN(CC(=O)O)C(=O)[C@@H]1CCC[C@@H](NC(=O)OCC2c3ccccc3-c3ccccc32)C1. The summed E-state index contributed by atoms with van der Waals surface area (Å²) in [5.74, 6) is -1.46. The number of carboxylic acids is 1. The Morgan fingerprint density at radius 2 is 1.67 bits per heavy atom. The van der Waals surface area contributed by atoms with Gasteiger partial charge in [-0.25, -0.2) is 4.79 Å². The lowest BCUT2D eigenvalue weighted by atomic mass is 9.85. The Morgan fingerprint density at radius 1 is 1.03 bits per heavy atom. The summed E-state index contributed by atoms with van der Waals surface area (Å²) in [6.07, 6.45) is 2.30. The molecule has 0 aromatic heterocycles. The normalized spacial score (nSPS) is 19.3. The quantitative estimate of drug-likeness (QED) is 0.664. The number of ether oxygens (including phenoxy) is 1. The van der Waals surface area contributed by atoms with E-state index in [1.165, 1.54) is 16.0 Å². The lowest BCUT2D eigenvalue weighted by molar-refractivity contribution is -0.146. The third kappa shape index (κ3) is 5.02. The van der Waals surface area contributed by atoms with E-state index in [1.807, 2.05) is 24.3 Å². The first-order chi connectivity index (χ1) is 16.0. The number of benzene rings is 2. The first-order valence-corrected chi connectivity index (χ1v) is 11.6. The molecule has 2 aromatic rings. The van der Waals surface area contributed by atoms with Gasteiger partial charge in [0.2, 0.25) is 5.91 Å². The molecule has 33 heavy (non-hydrogen) atoms. The fourth-order valence-electron chi connectivity index (χ4n) is 5.12. The predicted molar refractivity (Wildman–Crippen MR) is 124 cm³/mol. The molecule has 2 atom stereocenters. The van der Waals surface area contributed by atoms with Gasteiger partial charge in [-0.05, 0) is 48.4 Å². The minimum Gasteiger partial charge on any atom is -0.480 e. The van der Waals surface area contributed by atoms with Gasteiger partial charge in [0.25, 0.3) is 0 Å². The van der Waals surface area contributed by atoms with E-state index in [4.69, 9.17) is 9.84 Å². The predicted octanol–water partition coefficient (Wildman–Crippen LogP) is 4.02. The van der Waals surface area contributed by atoms with Crippen LogP contribution in [0.1, 0.15) is 49.7 Å². The average Bonchev–Trinajstić information content (AvgIpc) is 3.14. The summed E-state index contributed by atoms with van der Waals surface area (Å²) in [4.78, 5) is 37.7. The number of hydrogen-bond donors (Lipinski definition) is 2. The molecule has 4 rings (SSSR count). The van der Waals surface area contributed by atoms with Crippen molar-refractivity contribution in [2.75, 3.05) is 19.7 Å². The second kappa shape index (κ2) is 10.1. The molecule has 2 aliphatic rings. The molecule has 7 heteroatoms. The highest BCUT2D eigenvalue weighted by Gasteiger charge is 2.32. The van der Waals surface area contributed by atoms with Crippen molar-refractivity contribution in [1.82, 2.24) is 10.2 Å². The lowest BCUT2D eigenvalue weighted by Crippen LogP contribution is -2.45. The van der Waals surface area contributed by atoms with Gasteiger partial charge in [0, 0.05) is 24.4 Å². The average molecular weight is 451 g/mol. The smallest absolute Gasteiger partial charge is 0.407 e. The van der Waals surface area contributed by atoms with Gasteiger partial charge in [0.1, 0.15) is 13.2 Å². The molecule has 0 bridgehead atoms. The molecule has 0 spiro atoms. The van der Waals surface area contributed by atoms with Crippen molar-refractivity contribution >= 4 is 18.0 Å². The summed E-state index contributed by atoms with van der Waals surface area (Å²) in [5, 5.41) is 12.0. The van der Waals surface area contributed by atoms with Crippen molar-refractivity contribution in [3.63, 3.8) is 0 Å². The van der Waals surface area contributed by atoms with E-state index in [-0.39, 0.29) is 36.9 Å². The number of carbonyl (C=O) groups is 3. The Labute approximate surface area is 193 Å². The highest BCUT2D eigenvalue weighted by Crippen LogP contribution is 2.44. The standard InChI is InChI=1S/C26H30N2O5/c1-2-28(15-24(29)30)25(31)17-8-7-9-18(14-17)27-26(32)33-16-23-21-12-5-3-10-19(21)20-11-4-6-13-22(20)23/h3-6,10-13,17-18,23H,2,7-9,14-16H2,1H3,(H,27,32)(H,29,30)/t17-,18-/m1/s1. The summed E-state index contributed by atoms with van der Waals surface area (Å²) in [6.45, 7) is 2.08. The number of aliphatic carboxylic acids is 1. The number of hydrogen-bond acceptors (Lipinski definition) is 4. The van der Waals surface area contributed by atoms with Gasteiger partial charge in [0.05, 0.1) is 0 Å². The minimum absolute atomic E-state index is 0.00189. The number of alkyl carbamates (subject to hydrolysis) is 1. The molecule has 2 N–H and O–H groups in total. The molecular weight excluding hydrogens is 420 g/mol. The molecule has 2 amide bonds. The molecule has 0 radical (unpaired) electrons. The Hall–Kier alpha value is -3.35. The van der Waals surface area contributed by atoms with Crippen LogP contribution in [0, 0.1) is 5.92 Å². The van der Waals surface area contributed by atoms with E-state index in [1.54, 1.807) is 6.92 Å². The monoisotopic (exact) mass is 450 g/mol. The fraction of sp³-hybridized carbons (Fsp3) is 0.423. The highest BCUT2D eigenvalue weighted by atomic mass is 16.5. The molecule has 174 valence electrons. The summed E-state index contributed by atoms with van der Waals surface area (Å²) in [5.41, 5.74) is 4.68. The fourth-order valence-corrected chi connectivity index (χ4v) is 5.12. The molecule has 1 saturated carbocycles. The van der Waals surface area contributed by atoms with Gasteiger partial charge in [0.15, 0.2) is 0 Å². The number of amides is 2. The third-order valence-corrected chi connectivity index (χ3v) is 6.71. The highest BCUT2D eigenvalue weighted by molar-refractivity contribution is 5.83. The molecule has 2 aliphatic carbocycles. The first kappa shape index (κ1) is 22.8. The molecule has 0 saturated heterocycles. The number of carbonyl (C=O) groups excluding carboxylic acids is 2. The van der Waals surface area contributed by atoms with E-state index in [2.05, 4.69) is 29.6 Å². The molecular formula is C26H30N2O5. The summed E-state index contributed by atoms with van der Waals surface area (Å²) in [7, 11) is 0. The van der Waals surface area contributed by atoms with Crippen LogP contribution in [0.2, 0.25) is 0 Å². The van der Waals surface area contributed by atoms with Crippen LogP contribution in [0.5, 0.6) is 0 Å². The Kier molecular flexibility index (Phi) is 6.96. The van der Waals surface area contributed by atoms with E-state index < -0.39 is 12.1 Å². The van der Waals surface area contributed by atoms with Gasteiger partial charge >= 0.3 is 12.1 Å². The second-order valence-corrected chi connectivity index (χ2v) is 8.78. The maximum atomic E-state index is 12.7. The molecule has 7 nitrogen and oxygen atoms in total. The van der Waals surface area contributed by atoms with Crippen LogP contribution in [0.4, 0.5) is 4.79 Å². The second-order valence-electron chi connectivity index (χ2n) is 8.78. The summed E-state index contributed by atoms with van der Waals surface area (Å²) in [6, 6.07) is 16.2.